The lowest BCUT2D eigenvalue weighted by molar-refractivity contribution is 0.615. The SMILES string of the molecule is Cc1ccc(C#Cc2c(-c3ccsc3)oc3nc(Cc4ccccc4)c(Cl)nc23)cc1. The van der Waals surface area contributed by atoms with Crippen molar-refractivity contribution in [1.82, 2.24) is 9.97 Å². The zero-order valence-corrected chi connectivity index (χ0v) is 18.3. The van der Waals surface area contributed by atoms with Gasteiger partial charge in [0.05, 0.1) is 11.3 Å². The molecule has 0 amide bonds. The molecule has 31 heavy (non-hydrogen) atoms. The van der Waals surface area contributed by atoms with Crippen LogP contribution in [0, 0.1) is 18.8 Å². The minimum Gasteiger partial charge on any atom is -0.435 e. The van der Waals surface area contributed by atoms with Crippen LogP contribution >= 0.6 is 22.9 Å². The van der Waals surface area contributed by atoms with Crippen molar-refractivity contribution in [2.75, 3.05) is 0 Å². The van der Waals surface area contributed by atoms with Gasteiger partial charge in [-0.15, -0.1) is 0 Å². The zero-order chi connectivity index (χ0) is 21.2. The van der Waals surface area contributed by atoms with Gasteiger partial charge in [0.2, 0.25) is 5.71 Å². The number of hydrogen-bond donors (Lipinski definition) is 0. The number of benzene rings is 2. The molecule has 150 valence electrons. The molecule has 3 nitrogen and oxygen atoms in total. The maximum absolute atomic E-state index is 6.53. The van der Waals surface area contributed by atoms with Crippen LogP contribution in [0.5, 0.6) is 0 Å². The lowest BCUT2D eigenvalue weighted by atomic mass is 10.1. The Balaban J connectivity index is 1.63. The first-order chi connectivity index (χ1) is 15.2. The second kappa shape index (κ2) is 8.39. The predicted molar refractivity (Wildman–Crippen MR) is 127 cm³/mol. The summed E-state index contributed by atoms with van der Waals surface area (Å²) in [5.74, 6) is 7.15. The summed E-state index contributed by atoms with van der Waals surface area (Å²) in [6.07, 6.45) is 0.585. The van der Waals surface area contributed by atoms with Crippen LogP contribution in [-0.4, -0.2) is 9.97 Å². The van der Waals surface area contributed by atoms with Gasteiger partial charge >= 0.3 is 0 Å². The van der Waals surface area contributed by atoms with Gasteiger partial charge in [0, 0.05) is 22.9 Å². The predicted octanol–water partition coefficient (Wildman–Crippen LogP) is 6.90. The smallest absolute Gasteiger partial charge is 0.247 e. The number of rotatable bonds is 3. The first kappa shape index (κ1) is 19.6. The van der Waals surface area contributed by atoms with Crippen molar-refractivity contribution in [1.29, 1.82) is 0 Å². The van der Waals surface area contributed by atoms with E-state index < -0.39 is 0 Å². The van der Waals surface area contributed by atoms with Gasteiger partial charge in [-0.05, 0) is 36.1 Å². The maximum atomic E-state index is 6.53. The molecule has 0 saturated carbocycles. The summed E-state index contributed by atoms with van der Waals surface area (Å²) in [4.78, 5) is 9.34. The van der Waals surface area contributed by atoms with Crippen LogP contribution in [0.25, 0.3) is 22.6 Å². The molecule has 5 heteroatoms. The largest absolute Gasteiger partial charge is 0.435 e. The molecule has 3 heterocycles. The molecule has 0 spiro atoms. The molecule has 0 fully saturated rings. The Morgan fingerprint density at radius 2 is 1.77 bits per heavy atom. The van der Waals surface area contributed by atoms with Gasteiger partial charge in [0.1, 0.15) is 5.52 Å². The molecule has 0 unspecified atom stereocenters. The molecule has 0 aliphatic rings. The molecule has 0 saturated heterocycles. The highest BCUT2D eigenvalue weighted by Crippen LogP contribution is 2.34. The third-order valence-corrected chi connectivity index (χ3v) is 5.92. The molecule has 0 aliphatic heterocycles. The number of nitrogens with zero attached hydrogens (tertiary/aromatic N) is 2. The summed E-state index contributed by atoms with van der Waals surface area (Å²) in [6.45, 7) is 2.06. The van der Waals surface area contributed by atoms with Gasteiger partial charge in [-0.2, -0.15) is 11.3 Å². The van der Waals surface area contributed by atoms with E-state index >= 15 is 0 Å². The Hall–Kier alpha value is -3.39. The third-order valence-electron chi connectivity index (χ3n) is 4.93. The lowest BCUT2D eigenvalue weighted by Gasteiger charge is -2.02. The molecule has 3 aromatic heterocycles. The highest BCUT2D eigenvalue weighted by atomic mass is 35.5. The number of aryl methyl sites for hydroxylation is 1. The molecule has 2 aromatic carbocycles. The van der Waals surface area contributed by atoms with Crippen LogP contribution in [-0.2, 0) is 6.42 Å². The van der Waals surface area contributed by atoms with E-state index in [9.17, 15) is 0 Å². The monoisotopic (exact) mass is 440 g/mol. The highest BCUT2D eigenvalue weighted by molar-refractivity contribution is 7.08. The van der Waals surface area contributed by atoms with E-state index in [1.54, 1.807) is 11.3 Å². The summed E-state index contributed by atoms with van der Waals surface area (Å²) >= 11 is 8.13. The van der Waals surface area contributed by atoms with Crippen LogP contribution in [0.15, 0.2) is 75.8 Å². The fourth-order valence-corrected chi connectivity index (χ4v) is 4.14. The summed E-state index contributed by atoms with van der Waals surface area (Å²) in [7, 11) is 0. The average Bonchev–Trinajstić information content (AvgIpc) is 3.43. The highest BCUT2D eigenvalue weighted by Gasteiger charge is 2.20. The second-order valence-electron chi connectivity index (χ2n) is 7.21. The molecule has 5 aromatic rings. The number of aromatic nitrogens is 2. The van der Waals surface area contributed by atoms with Crippen LogP contribution in [0.1, 0.15) is 27.9 Å². The zero-order valence-electron chi connectivity index (χ0n) is 16.7. The average molecular weight is 441 g/mol. The Kier molecular flexibility index (Phi) is 5.30. The van der Waals surface area contributed by atoms with Gasteiger partial charge in [-0.25, -0.2) is 9.97 Å². The molecule has 0 atom stereocenters. The Morgan fingerprint density at radius 1 is 0.968 bits per heavy atom. The quantitative estimate of drug-likeness (QED) is 0.286. The van der Waals surface area contributed by atoms with E-state index in [2.05, 4.69) is 23.7 Å². The van der Waals surface area contributed by atoms with Crippen molar-refractivity contribution < 1.29 is 4.42 Å². The van der Waals surface area contributed by atoms with Crippen LogP contribution in [0.4, 0.5) is 0 Å². The first-order valence-electron chi connectivity index (χ1n) is 9.81. The summed E-state index contributed by atoms with van der Waals surface area (Å²) < 4.78 is 6.16. The standard InChI is InChI=1S/C26H17ClN2OS/c1-17-7-9-18(10-8-17)11-12-21-23-26(30-24(21)20-13-14-31-16-20)28-22(25(27)29-23)15-19-5-3-2-4-6-19/h2-10,13-14,16H,15H2,1H3. The molecule has 0 radical (unpaired) electrons. The second-order valence-corrected chi connectivity index (χ2v) is 8.35. The van der Waals surface area contributed by atoms with Gasteiger partial charge in [-0.1, -0.05) is 71.5 Å². The number of thiophene rings is 1. The number of hydrogen-bond acceptors (Lipinski definition) is 4. The molecule has 5 rings (SSSR count). The van der Waals surface area contributed by atoms with Crippen molar-refractivity contribution >= 4 is 34.2 Å². The van der Waals surface area contributed by atoms with Gasteiger partial charge in [0.15, 0.2) is 10.9 Å². The van der Waals surface area contributed by atoms with Crippen molar-refractivity contribution in [3.05, 3.63) is 105 Å². The first-order valence-corrected chi connectivity index (χ1v) is 11.1. The number of fused-ring (bicyclic) bond motifs is 1. The fraction of sp³-hybridized carbons (Fsp3) is 0.0769. The maximum Gasteiger partial charge on any atom is 0.247 e. The van der Waals surface area contributed by atoms with E-state index in [4.69, 9.17) is 21.0 Å². The van der Waals surface area contributed by atoms with E-state index in [1.807, 2.05) is 71.4 Å². The molecule has 0 aliphatic carbocycles. The van der Waals surface area contributed by atoms with Gasteiger partial charge in [0.25, 0.3) is 0 Å². The summed E-state index contributed by atoms with van der Waals surface area (Å²) in [5.41, 5.74) is 6.62. The fourth-order valence-electron chi connectivity index (χ4n) is 3.31. The van der Waals surface area contributed by atoms with E-state index in [0.717, 1.165) is 16.7 Å². The van der Waals surface area contributed by atoms with Gasteiger partial charge in [-0.3, -0.25) is 0 Å². The van der Waals surface area contributed by atoms with Crippen molar-refractivity contribution in [3.8, 4) is 23.2 Å². The molecular weight excluding hydrogens is 424 g/mol. The topological polar surface area (TPSA) is 38.9 Å². The van der Waals surface area contributed by atoms with Crippen LogP contribution < -0.4 is 0 Å². The minimum atomic E-state index is 0.368. The number of furan rings is 1. The van der Waals surface area contributed by atoms with Gasteiger partial charge < -0.3 is 4.42 Å². The minimum absolute atomic E-state index is 0.368. The van der Waals surface area contributed by atoms with Crippen molar-refractivity contribution in [3.63, 3.8) is 0 Å². The van der Waals surface area contributed by atoms with E-state index in [0.29, 0.717) is 39.8 Å². The molecular formula is C26H17ClN2OS. The summed E-state index contributed by atoms with van der Waals surface area (Å²) in [5, 5.41) is 4.41. The van der Waals surface area contributed by atoms with Crippen LogP contribution in [0.3, 0.4) is 0 Å². The Labute approximate surface area is 189 Å². The van der Waals surface area contributed by atoms with E-state index in [1.165, 1.54) is 5.56 Å². The summed E-state index contributed by atoms with van der Waals surface area (Å²) in [6, 6.07) is 20.2. The Bertz CT molecular complexity index is 1410. The van der Waals surface area contributed by atoms with Crippen molar-refractivity contribution in [2.24, 2.45) is 0 Å². The van der Waals surface area contributed by atoms with Crippen molar-refractivity contribution in [2.45, 2.75) is 13.3 Å². The van der Waals surface area contributed by atoms with E-state index in [-0.39, 0.29) is 0 Å². The number of halogens is 1. The van der Waals surface area contributed by atoms with Crippen LogP contribution in [0.2, 0.25) is 5.15 Å². The lowest BCUT2D eigenvalue weighted by Crippen LogP contribution is -1.96. The Morgan fingerprint density at radius 3 is 2.52 bits per heavy atom. The molecule has 0 bridgehead atoms. The normalized spacial score (nSPS) is 10.8. The third kappa shape index (κ3) is 4.11. The molecule has 0 N–H and O–H groups in total.